The molecule has 1 saturated heterocycles. The number of ether oxygens (including phenoxy) is 3. The fraction of sp³-hybridized carbons (Fsp3) is 0.217. The fourth-order valence-electron chi connectivity index (χ4n) is 2.86. The van der Waals surface area contributed by atoms with Gasteiger partial charge in [0.15, 0.2) is 11.5 Å². The molecule has 4 heteroatoms. The lowest BCUT2D eigenvalue weighted by atomic mass is 10.1. The molecular formula is C23H22O4. The maximum atomic E-state index is 10.3. The van der Waals surface area contributed by atoms with E-state index in [2.05, 4.69) is 0 Å². The maximum Gasteiger partial charge on any atom is 0.162 e. The molecule has 1 N–H and O–H groups in total. The molecule has 3 aromatic rings. The molecule has 1 heterocycles. The highest BCUT2D eigenvalue weighted by Crippen LogP contribution is 2.35. The molecule has 0 bridgehead atoms. The van der Waals surface area contributed by atoms with Crippen molar-refractivity contribution in [2.75, 3.05) is 6.61 Å². The van der Waals surface area contributed by atoms with E-state index in [0.29, 0.717) is 31.3 Å². The van der Waals surface area contributed by atoms with E-state index < -0.39 is 6.10 Å². The number of hydrogen-bond acceptors (Lipinski definition) is 4. The first kappa shape index (κ1) is 17.6. The first-order chi connectivity index (χ1) is 13.3. The van der Waals surface area contributed by atoms with Gasteiger partial charge in [0.2, 0.25) is 0 Å². The van der Waals surface area contributed by atoms with Crippen LogP contribution in [0.4, 0.5) is 0 Å². The summed E-state index contributed by atoms with van der Waals surface area (Å²) in [6.45, 7) is 1.48. The van der Waals surface area contributed by atoms with Gasteiger partial charge in [0.05, 0.1) is 6.61 Å². The molecule has 4 rings (SSSR count). The average molecular weight is 362 g/mol. The molecule has 0 unspecified atom stereocenters. The van der Waals surface area contributed by atoms with Crippen LogP contribution in [0.2, 0.25) is 0 Å². The largest absolute Gasteiger partial charge is 0.485 e. The number of aliphatic hydroxyl groups is 1. The van der Waals surface area contributed by atoms with Crippen molar-refractivity contribution in [1.82, 2.24) is 0 Å². The lowest BCUT2D eigenvalue weighted by Gasteiger charge is -2.16. The Morgan fingerprint density at radius 2 is 1.37 bits per heavy atom. The highest BCUT2D eigenvalue weighted by Gasteiger charge is 2.32. The van der Waals surface area contributed by atoms with E-state index in [0.717, 1.165) is 16.7 Å². The van der Waals surface area contributed by atoms with Crippen molar-refractivity contribution in [2.45, 2.75) is 25.4 Å². The normalized spacial score (nSPS) is 16.6. The summed E-state index contributed by atoms with van der Waals surface area (Å²) in [5, 5.41) is 10.3. The van der Waals surface area contributed by atoms with Gasteiger partial charge in [-0.05, 0) is 28.8 Å². The summed E-state index contributed by atoms with van der Waals surface area (Å²) in [6.07, 6.45) is -0.768. The van der Waals surface area contributed by atoms with Crippen molar-refractivity contribution in [1.29, 1.82) is 0 Å². The van der Waals surface area contributed by atoms with Crippen LogP contribution in [0.5, 0.6) is 11.5 Å². The number of rotatable bonds is 8. The Morgan fingerprint density at radius 1 is 0.815 bits per heavy atom. The van der Waals surface area contributed by atoms with E-state index in [-0.39, 0.29) is 6.10 Å². The second-order valence-corrected chi connectivity index (χ2v) is 6.57. The summed E-state index contributed by atoms with van der Waals surface area (Å²) in [7, 11) is 0. The lowest BCUT2D eigenvalue weighted by molar-refractivity contribution is 0.136. The molecular weight excluding hydrogens is 340 g/mol. The second-order valence-electron chi connectivity index (χ2n) is 6.57. The quantitative estimate of drug-likeness (QED) is 0.608. The predicted molar refractivity (Wildman–Crippen MR) is 103 cm³/mol. The van der Waals surface area contributed by atoms with Crippen molar-refractivity contribution in [3.8, 4) is 11.5 Å². The zero-order valence-corrected chi connectivity index (χ0v) is 15.0. The Hall–Kier alpha value is -2.82. The number of benzene rings is 3. The molecule has 3 aromatic carbocycles. The summed E-state index contributed by atoms with van der Waals surface area (Å²) in [5.41, 5.74) is 2.93. The van der Waals surface area contributed by atoms with Crippen molar-refractivity contribution in [3.05, 3.63) is 95.6 Å². The zero-order chi connectivity index (χ0) is 18.5. The standard InChI is InChI=1S/C23H22O4/c24-23(22-16-27-22)19-11-12-20(25-14-17-7-3-1-4-8-17)21(13-19)26-15-18-9-5-2-6-10-18/h1-13,22-24H,14-16H2/t22-,23+/m0/s1. The summed E-state index contributed by atoms with van der Waals surface area (Å²) in [4.78, 5) is 0. The van der Waals surface area contributed by atoms with Crippen LogP contribution in [0.25, 0.3) is 0 Å². The smallest absolute Gasteiger partial charge is 0.162 e. The van der Waals surface area contributed by atoms with Crippen LogP contribution < -0.4 is 9.47 Å². The third-order valence-electron chi connectivity index (χ3n) is 4.49. The van der Waals surface area contributed by atoms with Gasteiger partial charge >= 0.3 is 0 Å². The van der Waals surface area contributed by atoms with Crippen LogP contribution in [-0.2, 0) is 18.0 Å². The Balaban J connectivity index is 1.52. The molecule has 0 saturated carbocycles. The first-order valence-corrected chi connectivity index (χ1v) is 9.06. The number of hydrogen-bond donors (Lipinski definition) is 1. The van der Waals surface area contributed by atoms with Gasteiger partial charge in [-0.15, -0.1) is 0 Å². The van der Waals surface area contributed by atoms with Gasteiger partial charge in [0, 0.05) is 0 Å². The average Bonchev–Trinajstić information content (AvgIpc) is 3.57. The maximum absolute atomic E-state index is 10.3. The molecule has 1 fully saturated rings. The summed E-state index contributed by atoms with van der Waals surface area (Å²) >= 11 is 0. The first-order valence-electron chi connectivity index (χ1n) is 9.06. The minimum Gasteiger partial charge on any atom is -0.485 e. The van der Waals surface area contributed by atoms with Gasteiger partial charge in [-0.2, -0.15) is 0 Å². The summed E-state index contributed by atoms with van der Waals surface area (Å²) < 4.78 is 17.2. The van der Waals surface area contributed by atoms with Crippen LogP contribution in [-0.4, -0.2) is 17.8 Å². The zero-order valence-electron chi connectivity index (χ0n) is 15.0. The Labute approximate surface area is 158 Å². The number of epoxide rings is 1. The van der Waals surface area contributed by atoms with E-state index in [1.165, 1.54) is 0 Å². The van der Waals surface area contributed by atoms with Gasteiger partial charge in [0.1, 0.15) is 25.4 Å². The molecule has 0 radical (unpaired) electrons. The summed E-state index contributed by atoms with van der Waals surface area (Å²) in [6, 6.07) is 25.5. The molecule has 0 aromatic heterocycles. The van der Waals surface area contributed by atoms with Crippen molar-refractivity contribution < 1.29 is 19.3 Å². The molecule has 0 spiro atoms. The number of aliphatic hydroxyl groups excluding tert-OH is 1. The Kier molecular flexibility index (Phi) is 5.37. The molecule has 0 aliphatic carbocycles. The molecule has 27 heavy (non-hydrogen) atoms. The topological polar surface area (TPSA) is 51.2 Å². The van der Waals surface area contributed by atoms with Crippen LogP contribution in [0.3, 0.4) is 0 Å². The van der Waals surface area contributed by atoms with Gasteiger partial charge in [0.25, 0.3) is 0 Å². The molecule has 4 nitrogen and oxygen atoms in total. The second kappa shape index (κ2) is 8.25. The van der Waals surface area contributed by atoms with Gasteiger partial charge < -0.3 is 19.3 Å². The van der Waals surface area contributed by atoms with Crippen LogP contribution in [0, 0.1) is 0 Å². The highest BCUT2D eigenvalue weighted by molar-refractivity contribution is 5.44. The van der Waals surface area contributed by atoms with Gasteiger partial charge in [-0.1, -0.05) is 66.7 Å². The van der Waals surface area contributed by atoms with Crippen LogP contribution in [0.15, 0.2) is 78.9 Å². The third kappa shape index (κ3) is 4.67. The third-order valence-corrected chi connectivity index (χ3v) is 4.49. The molecule has 0 amide bonds. The predicted octanol–water partition coefficient (Wildman–Crippen LogP) is 4.28. The van der Waals surface area contributed by atoms with Crippen LogP contribution in [0.1, 0.15) is 22.8 Å². The van der Waals surface area contributed by atoms with E-state index in [9.17, 15) is 5.11 Å². The van der Waals surface area contributed by atoms with Crippen LogP contribution >= 0.6 is 0 Å². The van der Waals surface area contributed by atoms with Crippen molar-refractivity contribution in [3.63, 3.8) is 0 Å². The molecule has 138 valence electrons. The molecule has 1 aliphatic rings. The van der Waals surface area contributed by atoms with E-state index in [1.54, 1.807) is 0 Å². The van der Waals surface area contributed by atoms with Crippen molar-refractivity contribution >= 4 is 0 Å². The Morgan fingerprint density at radius 3 is 1.93 bits per heavy atom. The Bertz CT molecular complexity index is 860. The minimum atomic E-state index is -0.646. The van der Waals surface area contributed by atoms with Gasteiger partial charge in [-0.3, -0.25) is 0 Å². The van der Waals surface area contributed by atoms with E-state index in [1.807, 2.05) is 78.9 Å². The monoisotopic (exact) mass is 362 g/mol. The van der Waals surface area contributed by atoms with E-state index >= 15 is 0 Å². The van der Waals surface area contributed by atoms with E-state index in [4.69, 9.17) is 14.2 Å². The highest BCUT2D eigenvalue weighted by atomic mass is 16.6. The summed E-state index contributed by atoms with van der Waals surface area (Å²) in [5.74, 6) is 1.27. The van der Waals surface area contributed by atoms with Crippen molar-refractivity contribution in [2.24, 2.45) is 0 Å². The van der Waals surface area contributed by atoms with Gasteiger partial charge in [-0.25, -0.2) is 0 Å². The SMILES string of the molecule is O[C@H](c1ccc(OCc2ccccc2)c(OCc2ccccc2)c1)[C@@H]1CO1. The molecule has 1 aliphatic heterocycles. The molecule has 2 atom stereocenters. The minimum absolute atomic E-state index is 0.122. The fourth-order valence-corrected chi connectivity index (χ4v) is 2.86. The lowest BCUT2D eigenvalue weighted by Crippen LogP contribution is -2.06.